The molecule has 3 aromatic carbocycles. The van der Waals surface area contributed by atoms with Crippen molar-refractivity contribution in [2.75, 3.05) is 23.8 Å². The number of aromatic nitrogens is 4. The highest BCUT2D eigenvalue weighted by Crippen LogP contribution is 2.25. The van der Waals surface area contributed by atoms with Gasteiger partial charge >= 0.3 is 5.97 Å². The molecule has 0 aliphatic heterocycles. The summed E-state index contributed by atoms with van der Waals surface area (Å²) < 4.78 is 0. The number of nitrogens with zero attached hydrogens (tertiary/aromatic N) is 4. The Bertz CT molecular complexity index is 1530. The van der Waals surface area contributed by atoms with Crippen LogP contribution in [0.2, 0.25) is 0 Å². The first kappa shape index (κ1) is 24.4. The van der Waals surface area contributed by atoms with E-state index in [1.54, 1.807) is 37.5 Å². The lowest BCUT2D eigenvalue weighted by Crippen LogP contribution is -2.47. The molecule has 1 atom stereocenters. The number of H-pyrrole nitrogens is 1. The third-order valence-electron chi connectivity index (χ3n) is 5.97. The highest BCUT2D eigenvalue weighted by molar-refractivity contribution is 5.99. The van der Waals surface area contributed by atoms with Gasteiger partial charge in [-0.05, 0) is 48.5 Å². The van der Waals surface area contributed by atoms with Crippen LogP contribution >= 0.6 is 0 Å². The lowest BCUT2D eigenvalue weighted by atomic mass is 10.1. The SMILES string of the molecule is CNc1nccc(-c2nc3ccc(C(=O)NC(CN(c4ccccc4)c4ccccc4)C(=O)O)cc3[nH]2)n1. The van der Waals surface area contributed by atoms with E-state index in [9.17, 15) is 14.7 Å². The van der Waals surface area contributed by atoms with Crippen LogP contribution in [0.5, 0.6) is 0 Å². The Morgan fingerprint density at radius 2 is 1.63 bits per heavy atom. The lowest BCUT2D eigenvalue weighted by Gasteiger charge is -2.28. The van der Waals surface area contributed by atoms with Crippen molar-refractivity contribution in [3.63, 3.8) is 0 Å². The van der Waals surface area contributed by atoms with Crippen molar-refractivity contribution < 1.29 is 14.7 Å². The number of aliphatic carboxylic acids is 1. The van der Waals surface area contributed by atoms with E-state index in [2.05, 4.69) is 30.6 Å². The molecule has 5 rings (SSSR count). The molecule has 0 aliphatic rings. The summed E-state index contributed by atoms with van der Waals surface area (Å²) in [5, 5.41) is 15.5. The van der Waals surface area contributed by atoms with Gasteiger partial charge in [0.05, 0.1) is 17.6 Å². The van der Waals surface area contributed by atoms with Crippen molar-refractivity contribution >= 4 is 40.2 Å². The molecule has 38 heavy (non-hydrogen) atoms. The second kappa shape index (κ2) is 10.8. The fraction of sp³-hybridized carbons (Fsp3) is 0.107. The van der Waals surface area contributed by atoms with Crippen LogP contribution in [-0.4, -0.2) is 56.6 Å². The zero-order valence-electron chi connectivity index (χ0n) is 20.5. The molecular formula is C28H25N7O3. The van der Waals surface area contributed by atoms with Crippen LogP contribution in [0.4, 0.5) is 17.3 Å². The Labute approximate surface area is 218 Å². The molecular weight excluding hydrogens is 482 g/mol. The molecule has 0 saturated heterocycles. The number of para-hydroxylation sites is 2. The molecule has 0 bridgehead atoms. The largest absolute Gasteiger partial charge is 0.480 e. The molecule has 10 heteroatoms. The summed E-state index contributed by atoms with van der Waals surface area (Å²) in [6.07, 6.45) is 1.63. The van der Waals surface area contributed by atoms with Crippen LogP contribution in [-0.2, 0) is 4.79 Å². The van der Waals surface area contributed by atoms with E-state index in [0.29, 0.717) is 34.1 Å². The molecule has 1 unspecified atom stereocenters. The van der Waals surface area contributed by atoms with E-state index < -0.39 is 17.9 Å². The van der Waals surface area contributed by atoms with Crippen LogP contribution in [0.15, 0.2) is 91.1 Å². The van der Waals surface area contributed by atoms with Crippen molar-refractivity contribution in [2.45, 2.75) is 6.04 Å². The number of benzene rings is 3. The molecule has 10 nitrogen and oxygen atoms in total. The number of rotatable bonds is 9. The standard InChI is InChI=1S/C28H25N7O3/c1-29-28-30-15-14-22(34-28)25-31-21-13-12-18(16-23(21)32-25)26(36)33-24(27(37)38)17-35(19-8-4-2-5-9-19)20-10-6-3-7-11-20/h2-16,24H,17H2,1H3,(H,31,32)(H,33,36)(H,37,38)(H,29,30,34). The first-order valence-electron chi connectivity index (χ1n) is 11.9. The summed E-state index contributed by atoms with van der Waals surface area (Å²) in [5.41, 5.74) is 3.81. The predicted molar refractivity (Wildman–Crippen MR) is 145 cm³/mol. The van der Waals surface area contributed by atoms with Crippen molar-refractivity contribution in [1.29, 1.82) is 0 Å². The quantitative estimate of drug-likeness (QED) is 0.234. The van der Waals surface area contributed by atoms with Crippen LogP contribution in [0, 0.1) is 0 Å². The molecule has 0 spiro atoms. The maximum absolute atomic E-state index is 13.2. The molecule has 1 amide bonds. The number of amides is 1. The van der Waals surface area contributed by atoms with E-state index in [0.717, 1.165) is 11.4 Å². The summed E-state index contributed by atoms with van der Waals surface area (Å²) in [7, 11) is 1.73. The monoisotopic (exact) mass is 507 g/mol. The number of carbonyl (C=O) groups is 2. The molecule has 0 saturated carbocycles. The van der Waals surface area contributed by atoms with Gasteiger partial charge in [0.15, 0.2) is 5.82 Å². The number of nitrogens with one attached hydrogen (secondary N) is 3. The highest BCUT2D eigenvalue weighted by Gasteiger charge is 2.25. The summed E-state index contributed by atoms with van der Waals surface area (Å²) in [5.74, 6) is -0.649. The maximum atomic E-state index is 13.2. The third-order valence-corrected chi connectivity index (χ3v) is 5.97. The van der Waals surface area contributed by atoms with Gasteiger partial charge in [-0.15, -0.1) is 0 Å². The number of hydrogen-bond donors (Lipinski definition) is 4. The Morgan fingerprint density at radius 3 is 2.26 bits per heavy atom. The van der Waals surface area contributed by atoms with Crippen LogP contribution in [0.25, 0.3) is 22.6 Å². The topological polar surface area (TPSA) is 136 Å². The predicted octanol–water partition coefficient (Wildman–Crippen LogP) is 4.08. The summed E-state index contributed by atoms with van der Waals surface area (Å²) in [4.78, 5) is 43.5. The summed E-state index contributed by atoms with van der Waals surface area (Å²) >= 11 is 0. The summed E-state index contributed by atoms with van der Waals surface area (Å²) in [6, 6.07) is 24.4. The Morgan fingerprint density at radius 1 is 0.947 bits per heavy atom. The average Bonchev–Trinajstić information content (AvgIpc) is 3.39. The molecule has 0 radical (unpaired) electrons. The number of carbonyl (C=O) groups excluding carboxylic acids is 1. The van der Waals surface area contributed by atoms with E-state index in [-0.39, 0.29) is 6.54 Å². The van der Waals surface area contributed by atoms with Crippen molar-refractivity contribution in [1.82, 2.24) is 25.3 Å². The number of hydrogen-bond acceptors (Lipinski definition) is 7. The molecule has 2 heterocycles. The first-order chi connectivity index (χ1) is 18.5. The lowest BCUT2D eigenvalue weighted by molar-refractivity contribution is -0.138. The number of carboxylic acids is 1. The average molecular weight is 508 g/mol. The molecule has 5 aromatic rings. The van der Waals surface area contributed by atoms with E-state index >= 15 is 0 Å². The van der Waals surface area contributed by atoms with Crippen LogP contribution < -0.4 is 15.5 Å². The smallest absolute Gasteiger partial charge is 0.328 e. The van der Waals surface area contributed by atoms with Gasteiger partial charge in [-0.3, -0.25) is 4.79 Å². The van der Waals surface area contributed by atoms with Crippen molar-refractivity contribution in [2.24, 2.45) is 0 Å². The molecule has 0 aliphatic carbocycles. The normalized spacial score (nSPS) is 11.6. The van der Waals surface area contributed by atoms with Crippen LogP contribution in [0.1, 0.15) is 10.4 Å². The Hall–Kier alpha value is -5.25. The van der Waals surface area contributed by atoms with Crippen molar-refractivity contribution in [3.8, 4) is 11.5 Å². The third kappa shape index (κ3) is 5.29. The van der Waals surface area contributed by atoms with Crippen molar-refractivity contribution in [3.05, 3.63) is 96.7 Å². The summed E-state index contributed by atoms with van der Waals surface area (Å²) in [6.45, 7) is 0.0348. The maximum Gasteiger partial charge on any atom is 0.328 e. The minimum atomic E-state index is -1.17. The molecule has 4 N–H and O–H groups in total. The fourth-order valence-electron chi connectivity index (χ4n) is 4.07. The van der Waals surface area contributed by atoms with E-state index in [1.807, 2.05) is 65.6 Å². The zero-order chi connectivity index (χ0) is 26.5. The van der Waals surface area contributed by atoms with Gasteiger partial charge in [0.25, 0.3) is 5.91 Å². The molecule has 190 valence electrons. The number of imidazole rings is 1. The second-order valence-corrected chi connectivity index (χ2v) is 8.48. The van der Waals surface area contributed by atoms with Crippen LogP contribution in [0.3, 0.4) is 0 Å². The van der Waals surface area contributed by atoms with Gasteiger partial charge < -0.3 is 25.6 Å². The van der Waals surface area contributed by atoms with E-state index in [4.69, 9.17) is 0 Å². The minimum Gasteiger partial charge on any atom is -0.480 e. The molecule has 0 fully saturated rings. The Balaban J connectivity index is 1.38. The minimum absolute atomic E-state index is 0.0348. The highest BCUT2D eigenvalue weighted by atomic mass is 16.4. The number of carboxylic acid groups (broad SMARTS) is 1. The number of fused-ring (bicyclic) bond motifs is 1. The fourth-order valence-corrected chi connectivity index (χ4v) is 4.07. The number of aromatic amines is 1. The second-order valence-electron chi connectivity index (χ2n) is 8.48. The van der Waals surface area contributed by atoms with Gasteiger partial charge in [0.2, 0.25) is 5.95 Å². The van der Waals surface area contributed by atoms with E-state index in [1.165, 1.54) is 0 Å². The van der Waals surface area contributed by atoms with Gasteiger partial charge in [-0.2, -0.15) is 0 Å². The zero-order valence-corrected chi connectivity index (χ0v) is 20.5. The van der Waals surface area contributed by atoms with Gasteiger partial charge in [-0.1, -0.05) is 36.4 Å². The van der Waals surface area contributed by atoms with Gasteiger partial charge in [0, 0.05) is 30.2 Å². The molecule has 2 aromatic heterocycles. The first-order valence-corrected chi connectivity index (χ1v) is 11.9. The Kier molecular flexibility index (Phi) is 6.94. The van der Waals surface area contributed by atoms with Gasteiger partial charge in [0.1, 0.15) is 11.7 Å². The number of anilines is 3. The van der Waals surface area contributed by atoms with Gasteiger partial charge in [-0.25, -0.2) is 19.7 Å².